The molecule has 0 amide bonds. The van der Waals surface area contributed by atoms with Crippen molar-refractivity contribution in [3.8, 4) is 11.3 Å². The van der Waals surface area contributed by atoms with Crippen molar-refractivity contribution in [2.45, 2.75) is 0 Å². The molecule has 3 aromatic rings. The molecule has 0 aliphatic heterocycles. The minimum Gasteiger partial charge on any atom is -0.545 e. The van der Waals surface area contributed by atoms with Crippen LogP contribution in [0.15, 0.2) is 54.6 Å². The van der Waals surface area contributed by atoms with E-state index >= 15 is 0 Å². The molecule has 4 heteroatoms. The van der Waals surface area contributed by atoms with Gasteiger partial charge in [-0.3, -0.25) is 0 Å². The van der Waals surface area contributed by atoms with Crippen LogP contribution in [-0.2, 0) is 7.05 Å². The van der Waals surface area contributed by atoms with Crippen molar-refractivity contribution in [3.63, 3.8) is 0 Å². The number of benzene rings is 2. The Morgan fingerprint density at radius 3 is 2.40 bits per heavy atom. The van der Waals surface area contributed by atoms with E-state index in [1.807, 2.05) is 36.4 Å². The van der Waals surface area contributed by atoms with Crippen LogP contribution in [0.2, 0.25) is 0 Å². The highest BCUT2D eigenvalue weighted by Gasteiger charge is 2.22. The van der Waals surface area contributed by atoms with Gasteiger partial charge < -0.3 is 9.90 Å². The van der Waals surface area contributed by atoms with Crippen molar-refractivity contribution in [3.05, 3.63) is 60.2 Å². The van der Waals surface area contributed by atoms with E-state index < -0.39 is 5.97 Å². The molecule has 2 aromatic carbocycles. The molecule has 0 fully saturated rings. The Kier molecular flexibility index (Phi) is 2.91. The Bertz CT molecular complexity index is 798. The number of aryl methyl sites for hydroxylation is 1. The third-order valence-electron chi connectivity index (χ3n) is 3.24. The molecule has 98 valence electrons. The number of aromatic carboxylic acids is 1. The summed E-state index contributed by atoms with van der Waals surface area (Å²) in [5, 5.41) is 16.6. The molecule has 4 nitrogen and oxygen atoms in total. The molecular weight excluding hydrogens is 252 g/mol. The number of hydrogen-bond acceptors (Lipinski definition) is 3. The predicted molar refractivity (Wildman–Crippen MR) is 72.7 cm³/mol. The van der Waals surface area contributed by atoms with Crippen molar-refractivity contribution < 1.29 is 14.6 Å². The molecule has 1 heterocycles. The Balaban J connectivity index is 2.45. The molecule has 0 atom stereocenters. The summed E-state index contributed by atoms with van der Waals surface area (Å²) >= 11 is 0. The van der Waals surface area contributed by atoms with Crippen LogP contribution < -0.4 is 9.79 Å². The molecule has 20 heavy (non-hydrogen) atoms. The van der Waals surface area contributed by atoms with E-state index in [2.05, 4.69) is 5.10 Å². The van der Waals surface area contributed by atoms with Gasteiger partial charge in [0, 0.05) is 16.0 Å². The predicted octanol–water partition coefficient (Wildman–Crippen LogP) is 1.09. The van der Waals surface area contributed by atoms with Gasteiger partial charge in [-0.25, -0.2) is 0 Å². The smallest absolute Gasteiger partial charge is 0.248 e. The van der Waals surface area contributed by atoms with Crippen LogP contribution in [0.3, 0.4) is 0 Å². The van der Waals surface area contributed by atoms with Crippen molar-refractivity contribution in [1.82, 2.24) is 5.10 Å². The number of fused-ring (bicyclic) bond motifs is 1. The molecule has 0 aliphatic rings. The topological polar surface area (TPSA) is 56.9 Å². The Morgan fingerprint density at radius 1 is 1.05 bits per heavy atom. The summed E-state index contributed by atoms with van der Waals surface area (Å²) in [6, 6.07) is 16.5. The van der Waals surface area contributed by atoms with E-state index in [1.165, 1.54) is 0 Å². The highest BCUT2D eigenvalue weighted by Crippen LogP contribution is 2.24. The van der Waals surface area contributed by atoms with E-state index in [-0.39, 0.29) is 5.56 Å². The van der Waals surface area contributed by atoms with E-state index in [1.54, 1.807) is 29.9 Å². The summed E-state index contributed by atoms with van der Waals surface area (Å²) in [6.45, 7) is 0. The maximum absolute atomic E-state index is 11.6. The van der Waals surface area contributed by atoms with Crippen LogP contribution in [0, 0.1) is 0 Å². The van der Waals surface area contributed by atoms with Crippen molar-refractivity contribution in [1.29, 1.82) is 0 Å². The number of hydrogen-bond donors (Lipinski definition) is 0. The van der Waals surface area contributed by atoms with Crippen molar-refractivity contribution in [2.24, 2.45) is 7.05 Å². The zero-order valence-corrected chi connectivity index (χ0v) is 10.9. The summed E-state index contributed by atoms with van der Waals surface area (Å²) in [4.78, 5) is 11.6. The molecule has 0 saturated heterocycles. The van der Waals surface area contributed by atoms with Crippen LogP contribution in [0.4, 0.5) is 0 Å². The van der Waals surface area contributed by atoms with Gasteiger partial charge in [-0.1, -0.05) is 41.1 Å². The highest BCUT2D eigenvalue weighted by atomic mass is 16.4. The summed E-state index contributed by atoms with van der Waals surface area (Å²) in [6.07, 6.45) is 0. The molecule has 0 bridgehead atoms. The number of carboxylic acids is 1. The van der Waals surface area contributed by atoms with Crippen molar-refractivity contribution in [2.75, 3.05) is 0 Å². The largest absolute Gasteiger partial charge is 0.545 e. The number of aromatic nitrogens is 2. The lowest BCUT2D eigenvalue weighted by Crippen LogP contribution is -2.39. The molecule has 0 radical (unpaired) electrons. The number of carboxylic acid groups (broad SMARTS) is 1. The Labute approximate surface area is 115 Å². The maximum Gasteiger partial charge on any atom is 0.248 e. The van der Waals surface area contributed by atoms with Crippen LogP contribution in [0.5, 0.6) is 0 Å². The monoisotopic (exact) mass is 264 g/mol. The summed E-state index contributed by atoms with van der Waals surface area (Å²) < 4.78 is 1.59. The Hall–Kier alpha value is -2.75. The van der Waals surface area contributed by atoms with Crippen molar-refractivity contribution >= 4 is 16.9 Å². The average Bonchev–Trinajstić information content (AvgIpc) is 2.46. The van der Waals surface area contributed by atoms with E-state index in [0.29, 0.717) is 16.6 Å². The molecule has 1 aromatic heterocycles. The molecule has 0 aliphatic carbocycles. The van der Waals surface area contributed by atoms with Gasteiger partial charge >= 0.3 is 0 Å². The maximum atomic E-state index is 11.6. The summed E-state index contributed by atoms with van der Waals surface area (Å²) in [7, 11) is 1.74. The number of rotatable bonds is 2. The first-order valence-corrected chi connectivity index (χ1v) is 6.24. The summed E-state index contributed by atoms with van der Waals surface area (Å²) in [5.41, 5.74) is 2.15. The zero-order valence-electron chi connectivity index (χ0n) is 10.9. The SMILES string of the molecule is C[n+]1nc2ccccc2c(C(=O)[O-])c1-c1ccccc1. The second kappa shape index (κ2) is 4.74. The van der Waals surface area contributed by atoms with Gasteiger partial charge in [0.1, 0.15) is 5.52 Å². The van der Waals surface area contributed by atoms with Gasteiger partial charge in [-0.15, -0.1) is 0 Å². The number of carbonyl (C=O) groups is 1. The number of carbonyl (C=O) groups excluding carboxylic acids is 1. The third-order valence-corrected chi connectivity index (χ3v) is 3.24. The quantitative estimate of drug-likeness (QED) is 0.651. The second-order valence-corrected chi connectivity index (χ2v) is 4.52. The minimum atomic E-state index is -1.20. The lowest BCUT2D eigenvalue weighted by Gasteiger charge is -2.10. The number of nitrogens with zero attached hydrogens (tertiary/aromatic N) is 2. The van der Waals surface area contributed by atoms with Gasteiger partial charge in [0.15, 0.2) is 7.05 Å². The van der Waals surface area contributed by atoms with Crippen LogP contribution in [0.25, 0.3) is 22.2 Å². The molecule has 0 unspecified atom stereocenters. The first-order valence-electron chi connectivity index (χ1n) is 6.24. The van der Waals surface area contributed by atoms with Gasteiger partial charge in [-0.05, 0) is 18.2 Å². The highest BCUT2D eigenvalue weighted by molar-refractivity contribution is 6.05. The lowest BCUT2D eigenvalue weighted by atomic mass is 10.0. The van der Waals surface area contributed by atoms with E-state index in [4.69, 9.17) is 0 Å². The zero-order chi connectivity index (χ0) is 14.1. The van der Waals surface area contributed by atoms with Gasteiger partial charge in [-0.2, -0.15) is 0 Å². The summed E-state index contributed by atoms with van der Waals surface area (Å²) in [5.74, 6) is -1.20. The first-order chi connectivity index (χ1) is 9.68. The average molecular weight is 264 g/mol. The normalized spacial score (nSPS) is 10.7. The fraction of sp³-hybridized carbons (Fsp3) is 0.0625. The van der Waals surface area contributed by atoms with E-state index in [9.17, 15) is 9.90 Å². The first kappa shape index (κ1) is 12.3. The molecule has 3 rings (SSSR count). The van der Waals surface area contributed by atoms with Gasteiger partial charge in [0.05, 0.1) is 11.5 Å². The second-order valence-electron chi connectivity index (χ2n) is 4.52. The fourth-order valence-corrected chi connectivity index (χ4v) is 2.41. The van der Waals surface area contributed by atoms with Gasteiger partial charge in [0.25, 0.3) is 0 Å². The molecular formula is C16H12N2O2. The van der Waals surface area contributed by atoms with Crippen LogP contribution in [-0.4, -0.2) is 11.1 Å². The molecule has 0 saturated carbocycles. The van der Waals surface area contributed by atoms with E-state index in [0.717, 1.165) is 5.56 Å². The minimum absolute atomic E-state index is 0.171. The fourth-order valence-electron chi connectivity index (χ4n) is 2.41. The van der Waals surface area contributed by atoms with Crippen LogP contribution >= 0.6 is 0 Å². The lowest BCUT2D eigenvalue weighted by molar-refractivity contribution is -0.718. The van der Waals surface area contributed by atoms with Crippen LogP contribution in [0.1, 0.15) is 10.4 Å². The third kappa shape index (κ3) is 1.91. The Morgan fingerprint density at radius 2 is 1.70 bits per heavy atom. The molecule has 0 spiro atoms. The van der Waals surface area contributed by atoms with Gasteiger partial charge in [0.2, 0.25) is 5.69 Å². The standard InChI is InChI=1S/C16H12N2O2/c1-18-15(11-7-3-2-4-8-11)14(16(19)20)12-9-5-6-10-13(12)17-18/h2-10H,1H3. The molecule has 0 N–H and O–H groups in total.